The van der Waals surface area contributed by atoms with Gasteiger partial charge in [0.15, 0.2) is 0 Å². The van der Waals surface area contributed by atoms with Gasteiger partial charge in [-0.25, -0.2) is 0 Å². The molecule has 0 aromatic rings. The third-order valence-corrected chi connectivity index (χ3v) is 3.13. The van der Waals surface area contributed by atoms with Crippen LogP contribution in [0.1, 0.15) is 32.6 Å². The Labute approximate surface area is 94.7 Å². The number of azide groups is 1. The molecule has 1 aliphatic rings. The van der Waals surface area contributed by atoms with Gasteiger partial charge in [0.05, 0.1) is 0 Å². The zero-order chi connectivity index (χ0) is 12.0. The molecule has 0 spiro atoms. The third-order valence-electron chi connectivity index (χ3n) is 3.13. The van der Waals surface area contributed by atoms with Crippen LogP contribution in [-0.4, -0.2) is 29.7 Å². The maximum atomic E-state index is 11.2. The molecule has 90 valence electrons. The summed E-state index contributed by atoms with van der Waals surface area (Å²) in [5.41, 5.74) is 7.34. The van der Waals surface area contributed by atoms with Crippen molar-refractivity contribution in [1.29, 1.82) is 0 Å². The molecule has 0 aromatic heterocycles. The van der Waals surface area contributed by atoms with Gasteiger partial charge in [0.1, 0.15) is 5.54 Å². The first-order valence-electron chi connectivity index (χ1n) is 5.60. The van der Waals surface area contributed by atoms with Gasteiger partial charge < -0.3 is 10.4 Å². The summed E-state index contributed by atoms with van der Waals surface area (Å²) in [6.45, 7) is 3.07. The first-order chi connectivity index (χ1) is 7.60. The molecule has 6 heteroatoms. The lowest BCUT2D eigenvalue weighted by Gasteiger charge is -2.25. The molecule has 2 atom stereocenters. The molecule has 6 nitrogen and oxygen atoms in total. The van der Waals surface area contributed by atoms with Crippen molar-refractivity contribution in [2.45, 2.75) is 38.1 Å². The summed E-state index contributed by atoms with van der Waals surface area (Å²) in [6.07, 6.45) is 3.00. The molecular formula is C10H18N4O2. The van der Waals surface area contributed by atoms with Gasteiger partial charge in [-0.2, -0.15) is 0 Å². The van der Waals surface area contributed by atoms with E-state index in [0.717, 1.165) is 6.42 Å². The van der Waals surface area contributed by atoms with E-state index in [1.165, 1.54) is 0 Å². The van der Waals surface area contributed by atoms with Crippen LogP contribution in [0, 0.1) is 5.92 Å². The highest BCUT2D eigenvalue weighted by atomic mass is 16.4. The third kappa shape index (κ3) is 3.12. The molecule has 2 unspecified atom stereocenters. The predicted octanol–water partition coefficient (Wildman–Crippen LogP) is 1.92. The molecule has 16 heavy (non-hydrogen) atoms. The second-order valence-corrected chi connectivity index (χ2v) is 4.47. The Morgan fingerprint density at radius 1 is 1.75 bits per heavy atom. The van der Waals surface area contributed by atoms with Crippen molar-refractivity contribution in [2.75, 3.05) is 13.1 Å². The number of rotatable bonds is 6. The van der Waals surface area contributed by atoms with Crippen LogP contribution in [0.4, 0.5) is 0 Å². The number of aliphatic carboxylic acids is 1. The summed E-state index contributed by atoms with van der Waals surface area (Å²) < 4.78 is 0. The van der Waals surface area contributed by atoms with Crippen molar-refractivity contribution in [1.82, 2.24) is 5.32 Å². The van der Waals surface area contributed by atoms with E-state index >= 15 is 0 Å². The fourth-order valence-electron chi connectivity index (χ4n) is 2.24. The molecule has 1 fully saturated rings. The van der Waals surface area contributed by atoms with E-state index in [1.54, 1.807) is 0 Å². The average molecular weight is 226 g/mol. The molecule has 1 rings (SSSR count). The number of carboxylic acid groups (broad SMARTS) is 1. The molecule has 0 saturated heterocycles. The standard InChI is InChI=1S/C10H18N4O2/c1-8-3-4-10(7-8,9(15)16)12-5-2-6-13-14-11/h8,12H,2-7H2,1H3,(H,15,16). The van der Waals surface area contributed by atoms with E-state index in [0.29, 0.717) is 38.3 Å². The number of hydrogen-bond donors (Lipinski definition) is 2. The highest BCUT2D eigenvalue weighted by Gasteiger charge is 2.43. The highest BCUT2D eigenvalue weighted by Crippen LogP contribution is 2.34. The van der Waals surface area contributed by atoms with E-state index in [2.05, 4.69) is 22.3 Å². The van der Waals surface area contributed by atoms with Crippen molar-refractivity contribution in [3.8, 4) is 0 Å². The minimum Gasteiger partial charge on any atom is -0.480 e. The largest absolute Gasteiger partial charge is 0.480 e. The van der Waals surface area contributed by atoms with Gasteiger partial charge in [-0.1, -0.05) is 12.0 Å². The van der Waals surface area contributed by atoms with Gasteiger partial charge in [0.25, 0.3) is 0 Å². The van der Waals surface area contributed by atoms with Crippen LogP contribution in [0.2, 0.25) is 0 Å². The number of hydrogen-bond acceptors (Lipinski definition) is 3. The molecule has 0 aliphatic heterocycles. The van der Waals surface area contributed by atoms with Gasteiger partial charge in [-0.3, -0.25) is 4.79 Å². The average Bonchev–Trinajstić information content (AvgIpc) is 2.61. The first-order valence-corrected chi connectivity index (χ1v) is 5.60. The summed E-state index contributed by atoms with van der Waals surface area (Å²) >= 11 is 0. The SMILES string of the molecule is CC1CCC(NCCCN=[N+]=[N-])(C(=O)O)C1. The Kier molecular flexibility index (Phi) is 4.58. The monoisotopic (exact) mass is 226 g/mol. The number of nitrogens with zero attached hydrogens (tertiary/aromatic N) is 3. The van der Waals surface area contributed by atoms with E-state index < -0.39 is 11.5 Å². The Morgan fingerprint density at radius 2 is 2.50 bits per heavy atom. The smallest absolute Gasteiger partial charge is 0.323 e. The van der Waals surface area contributed by atoms with Crippen LogP contribution in [0.25, 0.3) is 10.4 Å². The Bertz CT molecular complexity index is 301. The van der Waals surface area contributed by atoms with Crippen LogP contribution in [0.15, 0.2) is 5.11 Å². The number of carbonyl (C=O) groups is 1. The lowest BCUT2D eigenvalue weighted by atomic mass is 9.96. The molecule has 0 bridgehead atoms. The van der Waals surface area contributed by atoms with Crippen molar-refractivity contribution in [2.24, 2.45) is 11.0 Å². The highest BCUT2D eigenvalue weighted by molar-refractivity contribution is 5.79. The number of nitrogens with one attached hydrogen (secondary N) is 1. The Balaban J connectivity index is 2.41. The second kappa shape index (κ2) is 5.72. The van der Waals surface area contributed by atoms with Gasteiger partial charge in [-0.15, -0.1) is 0 Å². The molecule has 0 amide bonds. The Morgan fingerprint density at radius 3 is 3.00 bits per heavy atom. The minimum atomic E-state index is -0.763. The van der Waals surface area contributed by atoms with Crippen molar-refractivity contribution in [3.63, 3.8) is 0 Å². The maximum Gasteiger partial charge on any atom is 0.323 e. The van der Waals surface area contributed by atoms with Gasteiger partial charge in [0.2, 0.25) is 0 Å². The van der Waals surface area contributed by atoms with Crippen LogP contribution >= 0.6 is 0 Å². The van der Waals surface area contributed by atoms with E-state index in [9.17, 15) is 9.90 Å². The molecule has 1 saturated carbocycles. The lowest BCUT2D eigenvalue weighted by Crippen LogP contribution is -2.50. The zero-order valence-electron chi connectivity index (χ0n) is 9.52. The first kappa shape index (κ1) is 12.8. The van der Waals surface area contributed by atoms with E-state index in [4.69, 9.17) is 5.53 Å². The minimum absolute atomic E-state index is 0.411. The molecule has 0 heterocycles. The molecule has 2 N–H and O–H groups in total. The fourth-order valence-corrected chi connectivity index (χ4v) is 2.24. The van der Waals surface area contributed by atoms with Crippen LogP contribution in [0.3, 0.4) is 0 Å². The quantitative estimate of drug-likeness (QED) is 0.313. The van der Waals surface area contributed by atoms with Gasteiger partial charge >= 0.3 is 5.97 Å². The fraction of sp³-hybridized carbons (Fsp3) is 0.900. The summed E-state index contributed by atoms with van der Waals surface area (Å²) in [5.74, 6) is -0.304. The summed E-state index contributed by atoms with van der Waals surface area (Å²) in [4.78, 5) is 13.9. The van der Waals surface area contributed by atoms with Crippen molar-refractivity contribution in [3.05, 3.63) is 10.4 Å². The van der Waals surface area contributed by atoms with Gasteiger partial charge in [0, 0.05) is 11.5 Å². The summed E-state index contributed by atoms with van der Waals surface area (Å²) in [5, 5.41) is 15.8. The van der Waals surface area contributed by atoms with Crippen LogP contribution in [0.5, 0.6) is 0 Å². The summed E-state index contributed by atoms with van der Waals surface area (Å²) in [6, 6.07) is 0. The zero-order valence-corrected chi connectivity index (χ0v) is 9.52. The molecular weight excluding hydrogens is 208 g/mol. The van der Waals surface area contributed by atoms with Gasteiger partial charge in [-0.05, 0) is 43.7 Å². The van der Waals surface area contributed by atoms with Crippen LogP contribution < -0.4 is 5.32 Å². The second-order valence-electron chi connectivity index (χ2n) is 4.47. The lowest BCUT2D eigenvalue weighted by molar-refractivity contribution is -0.144. The number of carboxylic acids is 1. The maximum absolute atomic E-state index is 11.2. The molecule has 1 aliphatic carbocycles. The molecule has 0 aromatic carbocycles. The van der Waals surface area contributed by atoms with E-state index in [1.807, 2.05) is 0 Å². The summed E-state index contributed by atoms with van der Waals surface area (Å²) in [7, 11) is 0. The van der Waals surface area contributed by atoms with Crippen molar-refractivity contribution >= 4 is 5.97 Å². The normalized spacial score (nSPS) is 28.7. The van der Waals surface area contributed by atoms with Crippen LogP contribution in [-0.2, 0) is 4.79 Å². The topological polar surface area (TPSA) is 98.1 Å². The van der Waals surface area contributed by atoms with Crippen molar-refractivity contribution < 1.29 is 9.90 Å². The Hall–Kier alpha value is -1.26. The molecule has 0 radical (unpaired) electrons. The van der Waals surface area contributed by atoms with E-state index in [-0.39, 0.29) is 0 Å². The predicted molar refractivity (Wildman–Crippen MR) is 60.0 cm³/mol.